The van der Waals surface area contributed by atoms with Crippen molar-refractivity contribution in [3.63, 3.8) is 0 Å². The first-order chi connectivity index (χ1) is 12.2. The highest BCUT2D eigenvalue weighted by Crippen LogP contribution is 2.65. The lowest BCUT2D eigenvalue weighted by Crippen LogP contribution is -2.46. The third-order valence-corrected chi connectivity index (χ3v) is 5.66. The summed E-state index contributed by atoms with van der Waals surface area (Å²) >= 11 is 5.94. The Labute approximate surface area is 153 Å². The maximum absolute atomic E-state index is 13.5. The van der Waals surface area contributed by atoms with Gasteiger partial charge in [0.05, 0.1) is 5.41 Å². The van der Waals surface area contributed by atoms with E-state index in [1.54, 1.807) is 31.2 Å². The van der Waals surface area contributed by atoms with E-state index in [1.165, 1.54) is 4.90 Å². The molecule has 5 nitrogen and oxygen atoms in total. The fraction of sp³-hybridized carbons (Fsp3) is 0.444. The molecule has 2 N–H and O–H groups in total. The molecule has 1 aromatic heterocycles. The van der Waals surface area contributed by atoms with Crippen molar-refractivity contribution in [3.05, 3.63) is 35.0 Å². The van der Waals surface area contributed by atoms with Gasteiger partial charge in [0.2, 0.25) is 5.91 Å². The minimum atomic E-state index is -2.67. The Morgan fingerprint density at radius 3 is 2.73 bits per heavy atom. The van der Waals surface area contributed by atoms with Crippen LogP contribution >= 0.6 is 11.6 Å². The minimum Gasteiger partial charge on any atom is -0.351 e. The fourth-order valence-corrected chi connectivity index (χ4v) is 3.90. The Balaban J connectivity index is 1.41. The number of aromatic nitrogens is 1. The lowest BCUT2D eigenvalue weighted by molar-refractivity contribution is -0.132. The number of halogens is 3. The van der Waals surface area contributed by atoms with Gasteiger partial charge >= 0.3 is 0 Å². The van der Waals surface area contributed by atoms with Gasteiger partial charge in [-0.25, -0.2) is 8.78 Å². The highest BCUT2D eigenvalue weighted by atomic mass is 35.5. The van der Waals surface area contributed by atoms with E-state index < -0.39 is 23.3 Å². The second kappa shape index (κ2) is 5.67. The van der Waals surface area contributed by atoms with Crippen LogP contribution in [-0.2, 0) is 4.79 Å². The Bertz CT molecular complexity index is 913. The second-order valence-corrected chi connectivity index (χ2v) is 7.72. The van der Waals surface area contributed by atoms with Crippen LogP contribution in [0.1, 0.15) is 30.3 Å². The number of hydrogen-bond donors (Lipinski definition) is 2. The Hall–Kier alpha value is -2.15. The number of nitrogens with zero attached hydrogens (tertiary/aromatic N) is 1. The molecule has 2 aromatic rings. The van der Waals surface area contributed by atoms with E-state index in [0.717, 1.165) is 10.9 Å². The van der Waals surface area contributed by atoms with Crippen molar-refractivity contribution in [2.45, 2.75) is 31.7 Å². The molecule has 0 unspecified atom stereocenters. The van der Waals surface area contributed by atoms with Crippen molar-refractivity contribution in [2.24, 2.45) is 5.41 Å². The largest absolute Gasteiger partial charge is 0.351 e. The number of fused-ring (bicyclic) bond motifs is 1. The molecular weight excluding hydrogens is 364 g/mol. The average molecular weight is 382 g/mol. The van der Waals surface area contributed by atoms with Crippen molar-refractivity contribution in [3.8, 4) is 0 Å². The maximum atomic E-state index is 13.5. The van der Waals surface area contributed by atoms with E-state index in [-0.39, 0.29) is 18.9 Å². The van der Waals surface area contributed by atoms with Crippen LogP contribution in [-0.4, -0.2) is 46.8 Å². The molecule has 2 fully saturated rings. The summed E-state index contributed by atoms with van der Waals surface area (Å²) in [5, 5.41) is 3.99. The number of amides is 2. The number of H-pyrrole nitrogens is 1. The summed E-state index contributed by atoms with van der Waals surface area (Å²) in [6.07, 6.45) is 0.164. The molecule has 0 bridgehead atoms. The second-order valence-electron chi connectivity index (χ2n) is 7.28. The van der Waals surface area contributed by atoms with Crippen LogP contribution in [0.3, 0.4) is 0 Å². The number of benzene rings is 1. The number of carbonyl (C=O) groups excluding carboxylic acids is 2. The maximum Gasteiger partial charge on any atom is 0.268 e. The molecular formula is C18H18ClF2N3O2. The van der Waals surface area contributed by atoms with Gasteiger partial charge in [0.25, 0.3) is 11.8 Å². The molecule has 2 amide bonds. The zero-order valence-corrected chi connectivity index (χ0v) is 14.9. The van der Waals surface area contributed by atoms with Crippen molar-refractivity contribution in [2.75, 3.05) is 13.1 Å². The number of carbonyl (C=O) groups is 2. The standard InChI is InChI=1S/C18H18ClF2N3O2/c1-10(16(26)24-5-4-17(9-24)8-18(17,20)21)22-15(25)14-7-11-6-12(19)2-3-13(11)23-14/h2-3,6-7,10,23H,4-5,8-9H2,1H3,(H,22,25)/t10-,17+/m1/s1. The molecule has 0 radical (unpaired) electrons. The SMILES string of the molecule is C[C@@H](NC(=O)c1cc2cc(Cl)ccc2[nH]1)C(=O)N1CC[C@@]2(C1)CC2(F)F. The van der Waals surface area contributed by atoms with Crippen molar-refractivity contribution >= 4 is 34.3 Å². The van der Waals surface area contributed by atoms with E-state index in [2.05, 4.69) is 10.3 Å². The van der Waals surface area contributed by atoms with E-state index in [0.29, 0.717) is 23.7 Å². The summed E-state index contributed by atoms with van der Waals surface area (Å²) in [6.45, 7) is 1.93. The molecule has 4 rings (SSSR count). The molecule has 1 aromatic carbocycles. The fourth-order valence-electron chi connectivity index (χ4n) is 3.72. The highest BCUT2D eigenvalue weighted by Gasteiger charge is 2.73. The predicted octanol–water partition coefficient (Wildman–Crippen LogP) is 3.20. The van der Waals surface area contributed by atoms with Gasteiger partial charge in [-0.2, -0.15) is 0 Å². The van der Waals surface area contributed by atoms with Crippen LogP contribution in [0.4, 0.5) is 8.78 Å². The zero-order valence-electron chi connectivity index (χ0n) is 14.1. The molecule has 1 spiro atoms. The van der Waals surface area contributed by atoms with Crippen LogP contribution in [0.25, 0.3) is 10.9 Å². The number of nitrogens with one attached hydrogen (secondary N) is 2. The van der Waals surface area contributed by atoms with Gasteiger partial charge < -0.3 is 15.2 Å². The van der Waals surface area contributed by atoms with Crippen LogP contribution in [0.5, 0.6) is 0 Å². The summed E-state index contributed by atoms with van der Waals surface area (Å²) in [7, 11) is 0. The molecule has 1 saturated carbocycles. The van der Waals surface area contributed by atoms with Crippen LogP contribution in [0, 0.1) is 5.41 Å². The van der Waals surface area contributed by atoms with Crippen LogP contribution in [0.15, 0.2) is 24.3 Å². The van der Waals surface area contributed by atoms with E-state index in [4.69, 9.17) is 11.6 Å². The number of alkyl halides is 2. The molecule has 138 valence electrons. The Kier molecular flexibility index (Phi) is 3.77. The topological polar surface area (TPSA) is 65.2 Å². The summed E-state index contributed by atoms with van der Waals surface area (Å²) in [4.78, 5) is 29.3. The Morgan fingerprint density at radius 1 is 1.35 bits per heavy atom. The zero-order chi connectivity index (χ0) is 18.7. The van der Waals surface area contributed by atoms with E-state index >= 15 is 0 Å². The summed E-state index contributed by atoms with van der Waals surface area (Å²) in [6, 6.07) is 6.08. The quantitative estimate of drug-likeness (QED) is 0.857. The predicted molar refractivity (Wildman–Crippen MR) is 93.4 cm³/mol. The molecule has 26 heavy (non-hydrogen) atoms. The normalized spacial score (nSPS) is 24.8. The number of aromatic amines is 1. The molecule has 8 heteroatoms. The van der Waals surface area contributed by atoms with Crippen molar-refractivity contribution < 1.29 is 18.4 Å². The smallest absolute Gasteiger partial charge is 0.268 e. The number of rotatable bonds is 3. The number of likely N-dealkylation sites (tertiary alicyclic amines) is 1. The molecule has 1 aliphatic heterocycles. The van der Waals surface area contributed by atoms with Gasteiger partial charge in [-0.3, -0.25) is 9.59 Å². The monoisotopic (exact) mass is 381 g/mol. The van der Waals surface area contributed by atoms with Gasteiger partial charge in [0.15, 0.2) is 0 Å². The third kappa shape index (κ3) is 2.74. The average Bonchev–Trinajstić information content (AvgIpc) is 2.96. The first-order valence-corrected chi connectivity index (χ1v) is 8.84. The van der Waals surface area contributed by atoms with Gasteiger partial charge in [0.1, 0.15) is 11.7 Å². The highest BCUT2D eigenvalue weighted by molar-refractivity contribution is 6.31. The summed E-state index contributed by atoms with van der Waals surface area (Å²) < 4.78 is 26.9. The van der Waals surface area contributed by atoms with Gasteiger partial charge in [0, 0.05) is 35.4 Å². The van der Waals surface area contributed by atoms with E-state index in [9.17, 15) is 18.4 Å². The van der Waals surface area contributed by atoms with Crippen molar-refractivity contribution in [1.29, 1.82) is 0 Å². The van der Waals surface area contributed by atoms with Gasteiger partial charge in [-0.1, -0.05) is 11.6 Å². The van der Waals surface area contributed by atoms with Gasteiger partial charge in [-0.15, -0.1) is 0 Å². The summed E-state index contributed by atoms with van der Waals surface area (Å²) in [5.41, 5.74) is 0.0348. The first kappa shape index (κ1) is 17.3. The summed E-state index contributed by atoms with van der Waals surface area (Å²) in [5.74, 6) is -3.43. The minimum absolute atomic E-state index is 0.0595. The first-order valence-electron chi connectivity index (χ1n) is 8.47. The lowest BCUT2D eigenvalue weighted by atomic mass is 10.1. The third-order valence-electron chi connectivity index (χ3n) is 5.42. The number of hydrogen-bond acceptors (Lipinski definition) is 2. The molecule has 2 heterocycles. The van der Waals surface area contributed by atoms with Crippen LogP contribution in [0.2, 0.25) is 5.02 Å². The van der Waals surface area contributed by atoms with E-state index in [1.807, 2.05) is 0 Å². The molecule has 1 aliphatic carbocycles. The lowest BCUT2D eigenvalue weighted by Gasteiger charge is -2.21. The van der Waals surface area contributed by atoms with Crippen LogP contribution < -0.4 is 5.32 Å². The molecule has 2 aliphatic rings. The van der Waals surface area contributed by atoms with Gasteiger partial charge in [-0.05, 0) is 37.6 Å². The Morgan fingerprint density at radius 2 is 2.08 bits per heavy atom. The molecule has 2 atom stereocenters. The molecule has 1 saturated heterocycles. The van der Waals surface area contributed by atoms with Crippen molar-refractivity contribution in [1.82, 2.24) is 15.2 Å².